The number of nitrogens with zero attached hydrogens (tertiary/aromatic N) is 3. The molecule has 1 heterocycles. The molecular weight excluding hydrogens is 502 g/mol. The van der Waals surface area contributed by atoms with E-state index >= 15 is 0 Å². The first-order valence-corrected chi connectivity index (χ1v) is 11.3. The first-order chi connectivity index (χ1) is 14.9. The van der Waals surface area contributed by atoms with E-state index in [4.69, 9.17) is 11.6 Å². The second kappa shape index (κ2) is 11.1. The number of amides is 2. The zero-order valence-electron chi connectivity index (χ0n) is 16.5. The number of thioether (sulfide) groups is 1. The minimum atomic E-state index is -0.272. The molecule has 0 saturated heterocycles. The molecule has 0 radical (unpaired) electrons. The van der Waals surface area contributed by atoms with E-state index in [1.165, 1.54) is 17.8 Å². The van der Waals surface area contributed by atoms with Crippen LogP contribution in [-0.4, -0.2) is 32.3 Å². The van der Waals surface area contributed by atoms with Crippen LogP contribution < -0.4 is 10.6 Å². The lowest BCUT2D eigenvalue weighted by Crippen LogP contribution is -2.22. The Balaban J connectivity index is 1.48. The van der Waals surface area contributed by atoms with Crippen molar-refractivity contribution in [3.05, 3.63) is 75.5 Å². The summed E-state index contributed by atoms with van der Waals surface area (Å²) in [5.74, 6) is 0.353. The molecule has 2 N–H and O–H groups in total. The molecule has 0 bridgehead atoms. The Hall–Kier alpha value is -2.62. The van der Waals surface area contributed by atoms with Gasteiger partial charge >= 0.3 is 0 Å². The smallest absolute Gasteiger partial charge is 0.244 e. The van der Waals surface area contributed by atoms with Crippen molar-refractivity contribution >= 4 is 62.9 Å². The Morgan fingerprint density at radius 2 is 1.90 bits per heavy atom. The monoisotopic (exact) mass is 519 g/mol. The van der Waals surface area contributed by atoms with Gasteiger partial charge in [0.25, 0.3) is 0 Å². The van der Waals surface area contributed by atoms with E-state index in [-0.39, 0.29) is 24.1 Å². The SMILES string of the molecule is Cn1c(CNC(=O)/C=C/c2ccccc2Cl)nnc1SCC(=O)Nc1ccc(Br)cc1. The van der Waals surface area contributed by atoms with Crippen molar-refractivity contribution < 1.29 is 9.59 Å². The Morgan fingerprint density at radius 1 is 1.16 bits per heavy atom. The van der Waals surface area contributed by atoms with E-state index in [0.29, 0.717) is 16.0 Å². The highest BCUT2D eigenvalue weighted by Gasteiger charge is 2.12. The van der Waals surface area contributed by atoms with Crippen LogP contribution in [-0.2, 0) is 23.2 Å². The molecular formula is C21H19BrClN5O2S. The lowest BCUT2D eigenvalue weighted by Gasteiger charge is -2.06. The van der Waals surface area contributed by atoms with Crippen LogP contribution in [0.25, 0.3) is 6.08 Å². The second-order valence-electron chi connectivity index (χ2n) is 6.37. The Kier molecular flexibility index (Phi) is 8.27. The largest absolute Gasteiger partial charge is 0.345 e. The first kappa shape index (κ1) is 23.1. The van der Waals surface area contributed by atoms with Gasteiger partial charge in [0.2, 0.25) is 11.8 Å². The van der Waals surface area contributed by atoms with Crippen molar-refractivity contribution in [2.45, 2.75) is 11.7 Å². The molecule has 0 fully saturated rings. The topological polar surface area (TPSA) is 88.9 Å². The predicted octanol–water partition coefficient (Wildman–Crippen LogP) is 4.29. The molecule has 2 aromatic carbocycles. The maximum atomic E-state index is 12.1. The van der Waals surface area contributed by atoms with Crippen molar-refractivity contribution in [1.82, 2.24) is 20.1 Å². The lowest BCUT2D eigenvalue weighted by atomic mass is 10.2. The third-order valence-electron chi connectivity index (χ3n) is 4.13. The third kappa shape index (κ3) is 6.95. The fraction of sp³-hybridized carbons (Fsp3) is 0.143. The summed E-state index contributed by atoms with van der Waals surface area (Å²) in [5.41, 5.74) is 1.48. The number of rotatable bonds is 8. The molecule has 10 heteroatoms. The van der Waals surface area contributed by atoms with Gasteiger partial charge in [-0.05, 0) is 42.0 Å². The minimum Gasteiger partial charge on any atom is -0.345 e. The zero-order chi connectivity index (χ0) is 22.2. The fourth-order valence-electron chi connectivity index (χ4n) is 2.49. The highest BCUT2D eigenvalue weighted by molar-refractivity contribution is 9.10. The molecule has 0 saturated carbocycles. The summed E-state index contributed by atoms with van der Waals surface area (Å²) in [6.07, 6.45) is 3.07. The molecule has 7 nitrogen and oxygen atoms in total. The highest BCUT2D eigenvalue weighted by Crippen LogP contribution is 2.18. The molecule has 2 amide bonds. The summed E-state index contributed by atoms with van der Waals surface area (Å²) in [4.78, 5) is 24.2. The number of halogens is 2. The minimum absolute atomic E-state index is 0.144. The van der Waals surface area contributed by atoms with Crippen LogP contribution in [0.4, 0.5) is 5.69 Å². The van der Waals surface area contributed by atoms with Gasteiger partial charge in [-0.2, -0.15) is 0 Å². The van der Waals surface area contributed by atoms with Crippen LogP contribution in [0.5, 0.6) is 0 Å². The van der Waals surface area contributed by atoms with E-state index < -0.39 is 0 Å². The van der Waals surface area contributed by atoms with E-state index in [2.05, 4.69) is 36.8 Å². The van der Waals surface area contributed by atoms with Gasteiger partial charge in [-0.15, -0.1) is 10.2 Å². The fourth-order valence-corrected chi connectivity index (χ4v) is 3.68. The summed E-state index contributed by atoms with van der Waals surface area (Å²) >= 11 is 10.7. The number of aromatic nitrogens is 3. The Labute approximate surface area is 197 Å². The number of carbonyl (C=O) groups excluding carboxylic acids is 2. The zero-order valence-corrected chi connectivity index (χ0v) is 19.7. The van der Waals surface area contributed by atoms with Crippen LogP contribution in [0.3, 0.4) is 0 Å². The molecule has 3 aromatic rings. The molecule has 0 unspecified atom stereocenters. The molecule has 0 aliphatic rings. The van der Waals surface area contributed by atoms with Crippen LogP contribution >= 0.6 is 39.3 Å². The Bertz CT molecular complexity index is 1100. The average molecular weight is 521 g/mol. The van der Waals surface area contributed by atoms with Gasteiger partial charge in [-0.3, -0.25) is 9.59 Å². The number of anilines is 1. The maximum absolute atomic E-state index is 12.1. The van der Waals surface area contributed by atoms with Crippen molar-refractivity contribution in [2.75, 3.05) is 11.1 Å². The number of benzene rings is 2. The molecule has 0 aliphatic heterocycles. The summed E-state index contributed by atoms with van der Waals surface area (Å²) < 4.78 is 2.69. The second-order valence-corrected chi connectivity index (χ2v) is 8.64. The number of nitrogens with one attached hydrogen (secondary N) is 2. The third-order valence-corrected chi connectivity index (χ3v) is 6.02. The van der Waals surface area contributed by atoms with Gasteiger partial charge in [0.1, 0.15) is 0 Å². The van der Waals surface area contributed by atoms with Crippen LogP contribution in [0.2, 0.25) is 5.02 Å². The quantitative estimate of drug-likeness (QED) is 0.342. The van der Waals surface area contributed by atoms with E-state index in [9.17, 15) is 9.59 Å². The van der Waals surface area contributed by atoms with Crippen LogP contribution in [0.1, 0.15) is 11.4 Å². The molecule has 0 aliphatic carbocycles. The number of hydrogen-bond acceptors (Lipinski definition) is 5. The summed E-state index contributed by atoms with van der Waals surface area (Å²) in [7, 11) is 1.79. The molecule has 160 valence electrons. The van der Waals surface area contributed by atoms with Gasteiger partial charge in [0.15, 0.2) is 11.0 Å². The molecule has 0 atom stereocenters. The molecule has 0 spiro atoms. The van der Waals surface area contributed by atoms with Gasteiger partial charge in [0.05, 0.1) is 12.3 Å². The summed E-state index contributed by atoms with van der Waals surface area (Å²) in [6.45, 7) is 0.209. The summed E-state index contributed by atoms with van der Waals surface area (Å²) in [6, 6.07) is 14.6. The number of carbonyl (C=O) groups is 2. The molecule has 1 aromatic heterocycles. The maximum Gasteiger partial charge on any atom is 0.244 e. The lowest BCUT2D eigenvalue weighted by molar-refractivity contribution is -0.116. The van der Waals surface area contributed by atoms with E-state index in [1.807, 2.05) is 42.5 Å². The normalized spacial score (nSPS) is 10.9. The first-order valence-electron chi connectivity index (χ1n) is 9.19. The predicted molar refractivity (Wildman–Crippen MR) is 127 cm³/mol. The van der Waals surface area contributed by atoms with Gasteiger partial charge in [-0.1, -0.05) is 57.5 Å². The van der Waals surface area contributed by atoms with Gasteiger partial charge in [0, 0.05) is 28.3 Å². The molecule has 3 rings (SSSR count). The van der Waals surface area contributed by atoms with Gasteiger partial charge < -0.3 is 15.2 Å². The van der Waals surface area contributed by atoms with Crippen LogP contribution in [0, 0.1) is 0 Å². The van der Waals surface area contributed by atoms with Crippen molar-refractivity contribution in [3.63, 3.8) is 0 Å². The average Bonchev–Trinajstić information content (AvgIpc) is 3.11. The van der Waals surface area contributed by atoms with Crippen molar-refractivity contribution in [3.8, 4) is 0 Å². The van der Waals surface area contributed by atoms with E-state index in [1.54, 1.807) is 23.8 Å². The number of hydrogen-bond donors (Lipinski definition) is 2. The van der Waals surface area contributed by atoms with Crippen LogP contribution in [0.15, 0.2) is 64.2 Å². The highest BCUT2D eigenvalue weighted by atomic mass is 79.9. The van der Waals surface area contributed by atoms with Gasteiger partial charge in [-0.25, -0.2) is 0 Å². The van der Waals surface area contributed by atoms with E-state index in [0.717, 1.165) is 15.7 Å². The standard InChI is InChI=1S/C21H19BrClN5O2S/c1-28-18(12-24-19(29)11-6-14-4-2-3-5-17(14)23)26-27-21(28)31-13-20(30)25-16-9-7-15(22)8-10-16/h2-11H,12-13H2,1H3,(H,24,29)(H,25,30)/b11-6+. The Morgan fingerprint density at radius 3 is 2.65 bits per heavy atom. The van der Waals surface area contributed by atoms with Crippen molar-refractivity contribution in [1.29, 1.82) is 0 Å². The molecule has 31 heavy (non-hydrogen) atoms. The summed E-state index contributed by atoms with van der Waals surface area (Å²) in [5, 5.41) is 14.9. The van der Waals surface area contributed by atoms with Crippen molar-refractivity contribution in [2.24, 2.45) is 7.05 Å².